The van der Waals surface area contributed by atoms with Crippen molar-refractivity contribution in [1.82, 2.24) is 9.97 Å². The van der Waals surface area contributed by atoms with Gasteiger partial charge in [-0.25, -0.2) is 18.6 Å². The molecule has 0 fully saturated rings. The smallest absolute Gasteiger partial charge is 0.237 e. The zero-order valence-corrected chi connectivity index (χ0v) is 16.4. The molecule has 26 heavy (non-hydrogen) atoms. The summed E-state index contributed by atoms with van der Waals surface area (Å²) in [6, 6.07) is 6.10. The third-order valence-electron chi connectivity index (χ3n) is 3.91. The van der Waals surface area contributed by atoms with Gasteiger partial charge < -0.3 is 5.73 Å². The van der Waals surface area contributed by atoms with Gasteiger partial charge in [0.05, 0.1) is 11.4 Å². The number of hydrogen-bond donors (Lipinski definition) is 1. The highest BCUT2D eigenvalue weighted by molar-refractivity contribution is 8.00. The van der Waals surface area contributed by atoms with Crippen LogP contribution >= 0.6 is 0 Å². The third kappa shape index (κ3) is 4.47. The number of aromatic nitrogens is 2. The highest BCUT2D eigenvalue weighted by Crippen LogP contribution is 2.31. The molecule has 2 rings (SSSR count). The first-order chi connectivity index (χ1) is 12.1. The monoisotopic (exact) mass is 376 g/mol. The maximum absolute atomic E-state index is 13.4. The Balaban J connectivity index is 2.81. The van der Waals surface area contributed by atoms with Gasteiger partial charge in [-0.05, 0) is 36.1 Å². The Morgan fingerprint density at radius 2 is 1.92 bits per heavy atom. The predicted octanol–water partition coefficient (Wildman–Crippen LogP) is 3.08. The lowest BCUT2D eigenvalue weighted by Gasteiger charge is -2.22. The van der Waals surface area contributed by atoms with Crippen LogP contribution in [0.3, 0.4) is 0 Å². The van der Waals surface area contributed by atoms with E-state index < -0.39 is 9.71 Å². The summed E-state index contributed by atoms with van der Waals surface area (Å²) < 4.78 is 27.2. The normalized spacial score (nSPS) is 14.0. The molecule has 0 aliphatic heterocycles. The quantitative estimate of drug-likeness (QED) is 0.787. The van der Waals surface area contributed by atoms with Crippen LogP contribution in [0.5, 0.6) is 0 Å². The molecule has 1 atom stereocenters. The second kappa shape index (κ2) is 7.97. The molecule has 140 valence electrons. The standard InChI is InChI=1S/C19H25FN4OS/c1-13(2)17-16(7-6-12-21)18(14-8-10-15(20)11-9-14)23-19(22-17)24(3)26(4,5)25/h6-11,13H,4,12,21H2,1-3,5H3/b7-6+. The number of anilines is 1. The van der Waals surface area contributed by atoms with E-state index in [2.05, 4.69) is 15.8 Å². The summed E-state index contributed by atoms with van der Waals surface area (Å²) >= 11 is 0. The van der Waals surface area contributed by atoms with Gasteiger partial charge in [-0.15, -0.1) is 0 Å². The molecule has 1 heterocycles. The van der Waals surface area contributed by atoms with Crippen LogP contribution in [0.1, 0.15) is 31.0 Å². The van der Waals surface area contributed by atoms with Crippen molar-refractivity contribution in [2.75, 3.05) is 24.2 Å². The summed E-state index contributed by atoms with van der Waals surface area (Å²) in [5.74, 6) is 3.80. The van der Waals surface area contributed by atoms with Gasteiger partial charge in [-0.1, -0.05) is 26.0 Å². The van der Waals surface area contributed by atoms with Crippen LogP contribution in [-0.4, -0.2) is 39.9 Å². The number of nitrogens with two attached hydrogens (primary N) is 1. The molecular formula is C19H25FN4OS. The molecule has 0 spiro atoms. The van der Waals surface area contributed by atoms with Gasteiger partial charge in [-0.2, -0.15) is 0 Å². The van der Waals surface area contributed by atoms with Crippen molar-refractivity contribution < 1.29 is 8.60 Å². The summed E-state index contributed by atoms with van der Waals surface area (Å²) in [6.45, 7) is 4.42. The van der Waals surface area contributed by atoms with Crippen LogP contribution in [-0.2, 0) is 9.71 Å². The Morgan fingerprint density at radius 1 is 1.31 bits per heavy atom. The van der Waals surface area contributed by atoms with Crippen molar-refractivity contribution in [3.63, 3.8) is 0 Å². The van der Waals surface area contributed by atoms with E-state index in [1.807, 2.05) is 26.0 Å². The molecule has 2 N–H and O–H groups in total. The molecule has 0 radical (unpaired) electrons. The molecule has 0 saturated heterocycles. The van der Waals surface area contributed by atoms with Gasteiger partial charge >= 0.3 is 0 Å². The number of rotatable bonds is 6. The summed E-state index contributed by atoms with van der Waals surface area (Å²) in [4.78, 5) is 9.24. The van der Waals surface area contributed by atoms with Gasteiger partial charge in [0.25, 0.3) is 0 Å². The number of hydrogen-bond acceptors (Lipinski definition) is 4. The molecule has 0 aliphatic rings. The van der Waals surface area contributed by atoms with E-state index >= 15 is 0 Å². The van der Waals surface area contributed by atoms with Crippen LogP contribution in [0.4, 0.5) is 10.3 Å². The van der Waals surface area contributed by atoms with Crippen molar-refractivity contribution in [2.24, 2.45) is 5.73 Å². The topological polar surface area (TPSA) is 72.1 Å². The minimum atomic E-state index is -2.52. The van der Waals surface area contributed by atoms with Gasteiger partial charge in [0, 0.05) is 40.7 Å². The second-order valence-corrected chi connectivity index (χ2v) is 8.89. The average Bonchev–Trinajstić information content (AvgIpc) is 2.58. The molecule has 0 amide bonds. The van der Waals surface area contributed by atoms with E-state index in [0.717, 1.165) is 16.8 Å². The Labute approximate surface area is 154 Å². The Bertz CT molecular complexity index is 906. The van der Waals surface area contributed by atoms with E-state index in [4.69, 9.17) is 5.73 Å². The summed E-state index contributed by atoms with van der Waals surface area (Å²) in [6.07, 6.45) is 5.24. The fourth-order valence-corrected chi connectivity index (χ4v) is 2.83. The van der Waals surface area contributed by atoms with Crippen molar-refractivity contribution in [3.05, 3.63) is 47.4 Å². The minimum Gasteiger partial charge on any atom is -0.327 e. The molecular weight excluding hydrogens is 351 g/mol. The lowest BCUT2D eigenvalue weighted by Crippen LogP contribution is -2.27. The highest BCUT2D eigenvalue weighted by Gasteiger charge is 2.20. The Morgan fingerprint density at radius 3 is 2.42 bits per heavy atom. The molecule has 5 nitrogen and oxygen atoms in total. The maximum Gasteiger partial charge on any atom is 0.237 e. The second-order valence-electron chi connectivity index (χ2n) is 6.43. The zero-order valence-electron chi connectivity index (χ0n) is 15.6. The molecule has 0 bridgehead atoms. The maximum atomic E-state index is 13.4. The van der Waals surface area contributed by atoms with Crippen LogP contribution in [0.15, 0.2) is 30.3 Å². The van der Waals surface area contributed by atoms with Crippen LogP contribution in [0, 0.1) is 5.82 Å². The molecule has 2 aromatic rings. The van der Waals surface area contributed by atoms with E-state index in [1.54, 1.807) is 19.2 Å². The van der Waals surface area contributed by atoms with Gasteiger partial charge in [0.2, 0.25) is 5.95 Å². The molecule has 0 saturated carbocycles. The van der Waals surface area contributed by atoms with E-state index in [1.165, 1.54) is 22.7 Å². The molecule has 0 aliphatic carbocycles. The summed E-state index contributed by atoms with van der Waals surface area (Å²) in [5, 5.41) is 0. The van der Waals surface area contributed by atoms with Crippen molar-refractivity contribution >= 4 is 27.6 Å². The Hall–Kier alpha value is -2.25. The highest BCUT2D eigenvalue weighted by atomic mass is 32.2. The van der Waals surface area contributed by atoms with Crippen molar-refractivity contribution in [1.29, 1.82) is 0 Å². The first-order valence-electron chi connectivity index (χ1n) is 8.25. The van der Waals surface area contributed by atoms with E-state index in [0.29, 0.717) is 18.2 Å². The first kappa shape index (κ1) is 20.1. The van der Waals surface area contributed by atoms with Gasteiger partial charge in [0.15, 0.2) is 0 Å². The van der Waals surface area contributed by atoms with Crippen molar-refractivity contribution in [2.45, 2.75) is 19.8 Å². The largest absolute Gasteiger partial charge is 0.327 e. The number of nitrogens with zero attached hydrogens (tertiary/aromatic N) is 3. The molecule has 1 aromatic heterocycles. The fraction of sp³-hybridized carbons (Fsp3) is 0.316. The fourth-order valence-electron chi connectivity index (χ4n) is 2.41. The van der Waals surface area contributed by atoms with Crippen LogP contribution in [0.2, 0.25) is 0 Å². The molecule has 1 unspecified atom stereocenters. The summed E-state index contributed by atoms with van der Waals surface area (Å²) in [7, 11) is -0.872. The minimum absolute atomic E-state index is 0.0968. The molecule has 7 heteroatoms. The average molecular weight is 377 g/mol. The van der Waals surface area contributed by atoms with E-state index in [-0.39, 0.29) is 11.7 Å². The predicted molar refractivity (Wildman–Crippen MR) is 109 cm³/mol. The lowest BCUT2D eigenvalue weighted by molar-refractivity contribution is 0.628. The SMILES string of the molecule is C=S(C)(=O)N(C)c1nc(-c2ccc(F)cc2)c(/C=C/CN)c(C(C)C)n1. The molecule has 1 aromatic carbocycles. The number of halogens is 1. The third-order valence-corrected chi connectivity index (χ3v) is 5.23. The Kier molecular flexibility index (Phi) is 6.15. The summed E-state index contributed by atoms with van der Waals surface area (Å²) in [5.41, 5.74) is 8.62. The first-order valence-corrected chi connectivity index (χ1v) is 10.3. The van der Waals surface area contributed by atoms with Gasteiger partial charge in [-0.3, -0.25) is 4.31 Å². The lowest BCUT2D eigenvalue weighted by atomic mass is 9.98. The van der Waals surface area contributed by atoms with E-state index in [9.17, 15) is 8.60 Å². The van der Waals surface area contributed by atoms with Crippen LogP contribution in [0.25, 0.3) is 17.3 Å². The van der Waals surface area contributed by atoms with Gasteiger partial charge in [0.1, 0.15) is 5.82 Å². The van der Waals surface area contributed by atoms with Crippen LogP contribution < -0.4 is 10.0 Å². The zero-order chi connectivity index (χ0) is 19.5. The van der Waals surface area contributed by atoms with Crippen molar-refractivity contribution in [3.8, 4) is 11.3 Å². The number of benzene rings is 1.